The van der Waals surface area contributed by atoms with Crippen molar-refractivity contribution in [2.75, 3.05) is 0 Å². The molecule has 0 fully saturated rings. The highest BCUT2D eigenvalue weighted by Crippen LogP contribution is 2.16. The molecule has 15 heavy (non-hydrogen) atoms. The molecule has 4 heteroatoms. The third kappa shape index (κ3) is 2.50. The summed E-state index contributed by atoms with van der Waals surface area (Å²) in [4.78, 5) is 8.12. The average molecular weight is 223 g/mol. The summed E-state index contributed by atoms with van der Waals surface area (Å²) in [5.41, 5.74) is 0.808. The number of hydrogen-bond donors (Lipinski definition) is 0. The van der Waals surface area contributed by atoms with Gasteiger partial charge in [0, 0.05) is 18.8 Å². The second-order valence-electron chi connectivity index (χ2n) is 3.09. The first-order valence-electron chi connectivity index (χ1n) is 4.45. The summed E-state index contributed by atoms with van der Waals surface area (Å²) in [5.74, 6) is 0.254. The molecule has 1 aromatic heterocycles. The van der Waals surface area contributed by atoms with Crippen molar-refractivity contribution in [2.45, 2.75) is 6.42 Å². The molecule has 0 N–H and O–H groups in total. The highest BCUT2D eigenvalue weighted by atomic mass is 35.5. The molecule has 1 heterocycles. The largest absolute Gasteiger partial charge is 0.241 e. The topological polar surface area (TPSA) is 25.8 Å². The predicted octanol–water partition coefficient (Wildman–Crippen LogP) is 2.86. The van der Waals surface area contributed by atoms with Gasteiger partial charge >= 0.3 is 0 Å². The summed E-state index contributed by atoms with van der Waals surface area (Å²) in [6.07, 6.45) is 3.83. The first-order valence-corrected chi connectivity index (χ1v) is 4.83. The number of halogens is 2. The van der Waals surface area contributed by atoms with Crippen LogP contribution < -0.4 is 0 Å². The zero-order valence-electron chi connectivity index (χ0n) is 7.82. The van der Waals surface area contributed by atoms with Crippen molar-refractivity contribution in [1.82, 2.24) is 9.97 Å². The van der Waals surface area contributed by atoms with Gasteiger partial charge in [-0.25, -0.2) is 14.4 Å². The predicted molar refractivity (Wildman–Crippen MR) is 56.2 cm³/mol. The first kappa shape index (κ1) is 10.1. The molecular weight excluding hydrogens is 215 g/mol. The molecule has 2 rings (SSSR count). The normalized spacial score (nSPS) is 10.3. The van der Waals surface area contributed by atoms with E-state index in [1.807, 2.05) is 0 Å². The maximum absolute atomic E-state index is 13.1. The smallest absolute Gasteiger partial charge is 0.142 e. The van der Waals surface area contributed by atoms with Crippen LogP contribution in [0.5, 0.6) is 0 Å². The van der Waals surface area contributed by atoms with Gasteiger partial charge in [0.1, 0.15) is 11.6 Å². The Morgan fingerprint density at radius 1 is 1.20 bits per heavy atom. The Balaban J connectivity index is 2.22. The molecule has 0 aliphatic heterocycles. The van der Waals surface area contributed by atoms with Crippen LogP contribution in [0.15, 0.2) is 36.7 Å². The third-order valence-electron chi connectivity index (χ3n) is 1.97. The lowest BCUT2D eigenvalue weighted by Gasteiger charge is -2.01. The molecule has 0 spiro atoms. The Kier molecular flexibility index (Phi) is 2.92. The van der Waals surface area contributed by atoms with Crippen molar-refractivity contribution < 1.29 is 4.39 Å². The maximum atomic E-state index is 13.1. The molecular formula is C11H8ClFN2. The van der Waals surface area contributed by atoms with Gasteiger partial charge in [-0.05, 0) is 23.8 Å². The number of aromatic nitrogens is 2. The molecule has 0 aliphatic carbocycles. The molecule has 2 nitrogen and oxygen atoms in total. The van der Waals surface area contributed by atoms with E-state index in [1.54, 1.807) is 24.5 Å². The minimum Gasteiger partial charge on any atom is -0.241 e. The van der Waals surface area contributed by atoms with Crippen LogP contribution in [0.3, 0.4) is 0 Å². The fourth-order valence-electron chi connectivity index (χ4n) is 1.25. The minimum atomic E-state index is -0.412. The van der Waals surface area contributed by atoms with Crippen molar-refractivity contribution in [3.8, 4) is 0 Å². The monoisotopic (exact) mass is 222 g/mol. The molecule has 0 bridgehead atoms. The minimum absolute atomic E-state index is 0.132. The number of hydrogen-bond acceptors (Lipinski definition) is 2. The Hall–Kier alpha value is -1.48. The first-order chi connectivity index (χ1) is 7.25. The average Bonchev–Trinajstić information content (AvgIpc) is 2.25. The fourth-order valence-corrected chi connectivity index (χ4v) is 1.37. The van der Waals surface area contributed by atoms with E-state index >= 15 is 0 Å². The molecule has 0 saturated carbocycles. The Bertz CT molecular complexity index is 459. The van der Waals surface area contributed by atoms with Crippen LogP contribution >= 0.6 is 11.6 Å². The highest BCUT2D eigenvalue weighted by molar-refractivity contribution is 6.30. The van der Waals surface area contributed by atoms with Gasteiger partial charge < -0.3 is 0 Å². The second kappa shape index (κ2) is 4.36. The molecule has 0 amide bonds. The number of rotatable bonds is 2. The summed E-state index contributed by atoms with van der Waals surface area (Å²) in [6.45, 7) is 0. The molecule has 1 aromatic carbocycles. The van der Waals surface area contributed by atoms with Crippen LogP contribution in [0.2, 0.25) is 5.02 Å². The van der Waals surface area contributed by atoms with E-state index < -0.39 is 5.82 Å². The number of nitrogens with zero attached hydrogens (tertiary/aromatic N) is 2. The zero-order valence-corrected chi connectivity index (χ0v) is 8.58. The van der Waals surface area contributed by atoms with Crippen molar-refractivity contribution in [3.63, 3.8) is 0 Å². The van der Waals surface area contributed by atoms with Gasteiger partial charge in [-0.15, -0.1) is 0 Å². The van der Waals surface area contributed by atoms with Crippen LogP contribution in [0.1, 0.15) is 11.4 Å². The molecule has 76 valence electrons. The van der Waals surface area contributed by atoms with E-state index in [0.29, 0.717) is 12.2 Å². The molecule has 0 unspecified atom stereocenters. The van der Waals surface area contributed by atoms with Crippen LogP contribution in [0.25, 0.3) is 0 Å². The molecule has 0 aliphatic rings. The molecule has 0 radical (unpaired) electrons. The number of benzene rings is 1. The maximum Gasteiger partial charge on any atom is 0.142 e. The fraction of sp³-hybridized carbons (Fsp3) is 0.0909. The van der Waals surface area contributed by atoms with E-state index in [0.717, 1.165) is 5.56 Å². The van der Waals surface area contributed by atoms with Crippen LogP contribution in [0.4, 0.5) is 4.39 Å². The van der Waals surface area contributed by atoms with E-state index in [9.17, 15) is 4.39 Å². The quantitative estimate of drug-likeness (QED) is 0.781. The van der Waals surface area contributed by atoms with Crippen LogP contribution in [-0.4, -0.2) is 9.97 Å². The molecule has 2 aromatic rings. The van der Waals surface area contributed by atoms with E-state index in [-0.39, 0.29) is 5.02 Å². The summed E-state index contributed by atoms with van der Waals surface area (Å²) in [5, 5.41) is 0.132. The van der Waals surface area contributed by atoms with Crippen LogP contribution in [-0.2, 0) is 6.42 Å². The van der Waals surface area contributed by atoms with Crippen molar-refractivity contribution in [2.24, 2.45) is 0 Å². The van der Waals surface area contributed by atoms with Crippen molar-refractivity contribution in [3.05, 3.63) is 58.9 Å². The Morgan fingerprint density at radius 3 is 2.60 bits per heavy atom. The molecule has 0 saturated heterocycles. The summed E-state index contributed by atoms with van der Waals surface area (Å²) >= 11 is 5.58. The van der Waals surface area contributed by atoms with Crippen LogP contribution in [0, 0.1) is 5.82 Å². The van der Waals surface area contributed by atoms with Crippen molar-refractivity contribution in [1.29, 1.82) is 0 Å². The van der Waals surface area contributed by atoms with E-state index in [2.05, 4.69) is 9.97 Å². The standard InChI is InChI=1S/C11H8ClFN2/c12-9-3-2-8(6-10(9)13)7-11-14-4-1-5-15-11/h1-6H,7H2. The SMILES string of the molecule is Fc1cc(Cc2ncccn2)ccc1Cl. The third-order valence-corrected chi connectivity index (χ3v) is 2.27. The van der Waals surface area contributed by atoms with E-state index in [1.165, 1.54) is 12.1 Å². The lowest BCUT2D eigenvalue weighted by Crippen LogP contribution is -1.95. The summed E-state index contributed by atoms with van der Waals surface area (Å²) < 4.78 is 13.1. The van der Waals surface area contributed by atoms with Gasteiger partial charge in [-0.2, -0.15) is 0 Å². The van der Waals surface area contributed by atoms with Gasteiger partial charge in [0.05, 0.1) is 5.02 Å². The Morgan fingerprint density at radius 2 is 1.93 bits per heavy atom. The van der Waals surface area contributed by atoms with Crippen molar-refractivity contribution >= 4 is 11.6 Å². The van der Waals surface area contributed by atoms with Gasteiger partial charge in [0.15, 0.2) is 0 Å². The highest BCUT2D eigenvalue weighted by Gasteiger charge is 2.02. The molecule has 0 atom stereocenters. The van der Waals surface area contributed by atoms with Gasteiger partial charge in [0.25, 0.3) is 0 Å². The zero-order chi connectivity index (χ0) is 10.7. The van der Waals surface area contributed by atoms with Gasteiger partial charge in [-0.3, -0.25) is 0 Å². The Labute approximate surface area is 91.8 Å². The lowest BCUT2D eigenvalue weighted by molar-refractivity contribution is 0.626. The lowest BCUT2D eigenvalue weighted by atomic mass is 10.1. The summed E-state index contributed by atoms with van der Waals surface area (Å²) in [6, 6.07) is 6.45. The van der Waals surface area contributed by atoms with E-state index in [4.69, 9.17) is 11.6 Å². The van der Waals surface area contributed by atoms with Gasteiger partial charge in [-0.1, -0.05) is 17.7 Å². The van der Waals surface area contributed by atoms with Gasteiger partial charge in [0.2, 0.25) is 0 Å². The summed E-state index contributed by atoms with van der Waals surface area (Å²) in [7, 11) is 0. The second-order valence-corrected chi connectivity index (χ2v) is 3.50.